The number of ether oxygens (including phenoxy) is 1. The molecule has 3 aromatic rings. The molecule has 2 aliphatic heterocycles. The predicted molar refractivity (Wildman–Crippen MR) is 165 cm³/mol. The van der Waals surface area contributed by atoms with Crippen molar-refractivity contribution < 1.29 is 19.1 Å². The summed E-state index contributed by atoms with van der Waals surface area (Å²) in [5.41, 5.74) is 1.83. The fraction of sp³-hybridized carbons (Fsp3) is 0.419. The summed E-state index contributed by atoms with van der Waals surface area (Å²) in [6, 6.07) is 15.0. The van der Waals surface area contributed by atoms with Crippen molar-refractivity contribution in [1.29, 1.82) is 0 Å². The third-order valence-electron chi connectivity index (χ3n) is 8.37. The van der Waals surface area contributed by atoms with Gasteiger partial charge in [0.2, 0.25) is 17.7 Å². The zero-order valence-electron chi connectivity index (χ0n) is 23.9. The summed E-state index contributed by atoms with van der Waals surface area (Å²) >= 11 is 14.0. The maximum Gasteiger partial charge on any atom is 0.269 e. The van der Waals surface area contributed by atoms with Crippen LogP contribution in [0.4, 0.5) is 0 Å². The Bertz CT molecular complexity index is 1460. The Labute approximate surface area is 260 Å². The number of benzene rings is 2. The van der Waals surface area contributed by atoms with Crippen LogP contribution >= 0.6 is 34.5 Å². The van der Waals surface area contributed by atoms with Crippen molar-refractivity contribution in [2.24, 2.45) is 5.92 Å². The molecule has 0 saturated carbocycles. The first-order valence-electron chi connectivity index (χ1n) is 14.0. The topological polar surface area (TPSA) is 83.1 Å². The van der Waals surface area contributed by atoms with Crippen LogP contribution in [-0.2, 0) is 9.59 Å². The van der Waals surface area contributed by atoms with Crippen LogP contribution in [0.15, 0.2) is 48.5 Å². The number of methoxy groups -OCH3 is 1. The highest BCUT2D eigenvalue weighted by atomic mass is 35.5. The number of hydrogen-bond acceptors (Lipinski definition) is 6. The number of thiazole rings is 1. The lowest BCUT2D eigenvalue weighted by Gasteiger charge is -2.44. The predicted octanol–water partition coefficient (Wildman–Crippen LogP) is 5.84. The van der Waals surface area contributed by atoms with E-state index in [9.17, 15) is 14.4 Å². The Kier molecular flexibility index (Phi) is 9.40. The van der Waals surface area contributed by atoms with Gasteiger partial charge in [-0.3, -0.25) is 14.4 Å². The summed E-state index contributed by atoms with van der Waals surface area (Å²) in [4.78, 5) is 49.9. The van der Waals surface area contributed by atoms with Crippen LogP contribution in [0.2, 0.25) is 10.0 Å². The Morgan fingerprint density at radius 1 is 0.976 bits per heavy atom. The summed E-state index contributed by atoms with van der Waals surface area (Å²) in [5, 5.41) is 1.59. The van der Waals surface area contributed by atoms with Crippen molar-refractivity contribution in [2.75, 3.05) is 40.3 Å². The highest BCUT2D eigenvalue weighted by Gasteiger charge is 2.40. The molecular weight excluding hydrogens is 595 g/mol. The number of likely N-dealkylation sites (N-methyl/N-ethyl adjacent to an activating group) is 1. The lowest BCUT2D eigenvalue weighted by atomic mass is 9.84. The number of carbonyl (C=O) groups is 3. The molecule has 0 radical (unpaired) electrons. The van der Waals surface area contributed by atoms with E-state index >= 15 is 0 Å². The van der Waals surface area contributed by atoms with Crippen molar-refractivity contribution in [3.8, 4) is 16.5 Å². The number of nitrogens with zero attached hydrogens (tertiary/aromatic N) is 4. The van der Waals surface area contributed by atoms with Gasteiger partial charge >= 0.3 is 0 Å². The molecule has 1 aromatic heterocycles. The first-order chi connectivity index (χ1) is 20.2. The first-order valence-corrected chi connectivity index (χ1v) is 15.6. The van der Waals surface area contributed by atoms with Crippen molar-refractivity contribution in [2.45, 2.75) is 38.1 Å². The van der Waals surface area contributed by atoms with E-state index in [2.05, 4.69) is 4.98 Å². The smallest absolute Gasteiger partial charge is 0.269 e. The Morgan fingerprint density at radius 2 is 1.67 bits per heavy atom. The molecule has 2 atom stereocenters. The second-order valence-corrected chi connectivity index (χ2v) is 12.7. The molecule has 42 heavy (non-hydrogen) atoms. The molecule has 0 spiro atoms. The number of amides is 3. The molecule has 3 heterocycles. The van der Waals surface area contributed by atoms with E-state index in [-0.39, 0.29) is 35.6 Å². The number of rotatable bonds is 6. The van der Waals surface area contributed by atoms with Crippen LogP contribution < -0.4 is 4.74 Å². The zero-order chi connectivity index (χ0) is 30.0. The van der Waals surface area contributed by atoms with Gasteiger partial charge in [0.15, 0.2) is 4.88 Å². The quantitative estimate of drug-likeness (QED) is 0.342. The van der Waals surface area contributed by atoms with Crippen LogP contribution in [0, 0.1) is 5.92 Å². The van der Waals surface area contributed by atoms with E-state index in [4.69, 9.17) is 27.9 Å². The van der Waals surface area contributed by atoms with E-state index in [1.165, 1.54) is 18.4 Å². The van der Waals surface area contributed by atoms with Crippen LogP contribution in [0.1, 0.15) is 47.3 Å². The van der Waals surface area contributed by atoms with Crippen molar-refractivity contribution >= 4 is 52.3 Å². The molecule has 0 N–H and O–H groups in total. The summed E-state index contributed by atoms with van der Waals surface area (Å²) < 4.78 is 5.53. The molecule has 2 fully saturated rings. The normalized spacial score (nSPS) is 19.5. The third-order valence-corrected chi connectivity index (χ3v) is 10.2. The van der Waals surface area contributed by atoms with E-state index in [1.807, 2.05) is 47.4 Å². The first kappa shape index (κ1) is 30.3. The second kappa shape index (κ2) is 13.0. The highest BCUT2D eigenvalue weighted by molar-refractivity contribution is 7.17. The summed E-state index contributed by atoms with van der Waals surface area (Å²) in [7, 11) is 3.32. The molecule has 3 amide bonds. The lowest BCUT2D eigenvalue weighted by molar-refractivity contribution is -0.141. The summed E-state index contributed by atoms with van der Waals surface area (Å²) in [6.45, 7) is 3.73. The van der Waals surface area contributed by atoms with E-state index < -0.39 is 0 Å². The second-order valence-electron chi connectivity index (χ2n) is 10.8. The highest BCUT2D eigenvalue weighted by Crippen LogP contribution is 2.38. The summed E-state index contributed by atoms with van der Waals surface area (Å²) in [6.07, 6.45) is 1.91. The van der Waals surface area contributed by atoms with Crippen LogP contribution in [0.3, 0.4) is 0 Å². The fourth-order valence-corrected chi connectivity index (χ4v) is 7.30. The molecule has 5 rings (SSSR count). The molecular formula is C31H34Cl2N4O4S. The minimum Gasteiger partial charge on any atom is -0.480 e. The Hall–Kier alpha value is -3.14. The van der Waals surface area contributed by atoms with Gasteiger partial charge in [-0.25, -0.2) is 4.98 Å². The minimum atomic E-state index is -0.203. The Balaban J connectivity index is 1.39. The molecule has 2 aliphatic rings. The number of carbonyl (C=O) groups excluding carboxylic acids is 3. The molecule has 8 nitrogen and oxygen atoms in total. The number of hydrogen-bond donors (Lipinski definition) is 0. The van der Waals surface area contributed by atoms with Gasteiger partial charge in [0, 0.05) is 63.6 Å². The molecule has 0 bridgehead atoms. The average molecular weight is 630 g/mol. The van der Waals surface area contributed by atoms with Gasteiger partial charge in [0.1, 0.15) is 5.01 Å². The van der Waals surface area contributed by atoms with Crippen LogP contribution in [-0.4, -0.2) is 83.8 Å². The zero-order valence-corrected chi connectivity index (χ0v) is 26.2. The third kappa shape index (κ3) is 6.28. The maximum atomic E-state index is 14.0. The maximum absolute atomic E-state index is 14.0. The summed E-state index contributed by atoms with van der Waals surface area (Å²) in [5.74, 6) is -0.0424. The number of likely N-dealkylation sites (tertiary alicyclic amines) is 2. The van der Waals surface area contributed by atoms with E-state index in [1.54, 1.807) is 29.8 Å². The van der Waals surface area contributed by atoms with Gasteiger partial charge in [0.05, 0.1) is 17.2 Å². The van der Waals surface area contributed by atoms with Gasteiger partial charge < -0.3 is 19.4 Å². The van der Waals surface area contributed by atoms with Crippen molar-refractivity contribution in [1.82, 2.24) is 19.7 Å². The van der Waals surface area contributed by atoms with Gasteiger partial charge in [0.25, 0.3) is 5.91 Å². The molecule has 0 aliphatic carbocycles. The lowest BCUT2D eigenvalue weighted by Crippen LogP contribution is -2.53. The van der Waals surface area contributed by atoms with Crippen molar-refractivity contribution in [3.05, 3.63) is 69.0 Å². The molecule has 2 aromatic carbocycles. The van der Waals surface area contributed by atoms with Crippen LogP contribution in [0.25, 0.3) is 10.6 Å². The minimum absolute atomic E-state index is 0.0440. The molecule has 2 saturated heterocycles. The average Bonchev–Trinajstić information content (AvgIpc) is 3.46. The van der Waals surface area contributed by atoms with Gasteiger partial charge in [-0.2, -0.15) is 0 Å². The fourth-order valence-electron chi connectivity index (χ4n) is 5.97. The standard InChI is InChI=1S/C31H34Cl2N4O4S/c1-19(38)36-14-11-21(12-15-36)30(39)37-16-13-26(23(18-37)22-9-10-24(32)25(33)17-22)35(2)31(40)27-28(41-3)34-29(42-27)20-7-5-4-6-8-20/h4-10,17,21,23,26H,11-16,18H2,1-3H3/t23-,26+/m0/s1. The largest absolute Gasteiger partial charge is 0.480 e. The number of aromatic nitrogens is 1. The van der Waals surface area contributed by atoms with Gasteiger partial charge in [-0.05, 0) is 37.0 Å². The number of halogens is 2. The Morgan fingerprint density at radius 3 is 2.31 bits per heavy atom. The van der Waals surface area contributed by atoms with Gasteiger partial charge in [-0.1, -0.05) is 59.6 Å². The molecule has 222 valence electrons. The number of piperidine rings is 2. The van der Waals surface area contributed by atoms with Crippen molar-refractivity contribution in [3.63, 3.8) is 0 Å². The van der Waals surface area contributed by atoms with Gasteiger partial charge in [-0.15, -0.1) is 11.3 Å². The molecule has 0 unspecified atom stereocenters. The monoisotopic (exact) mass is 628 g/mol. The SMILES string of the molecule is COc1nc(-c2ccccc2)sc1C(=O)N(C)[C@@H]1CCN(C(=O)C2CCN(C(C)=O)CC2)C[C@H]1c1ccc(Cl)c(Cl)c1. The van der Waals surface area contributed by atoms with Crippen LogP contribution in [0.5, 0.6) is 5.88 Å². The molecule has 11 heteroatoms. The van der Waals surface area contributed by atoms with E-state index in [0.717, 1.165) is 11.1 Å². The van der Waals surface area contributed by atoms with E-state index in [0.29, 0.717) is 71.3 Å².